The second kappa shape index (κ2) is 8.79. The zero-order valence-corrected chi connectivity index (χ0v) is 16.9. The Bertz CT molecular complexity index is 995. The van der Waals surface area contributed by atoms with Crippen molar-refractivity contribution in [2.75, 3.05) is 18.0 Å². The van der Waals surface area contributed by atoms with E-state index in [9.17, 15) is 13.6 Å². The summed E-state index contributed by atoms with van der Waals surface area (Å²) in [6.07, 6.45) is 2.97. The van der Waals surface area contributed by atoms with Crippen molar-refractivity contribution in [3.63, 3.8) is 0 Å². The molecule has 4 nitrogen and oxygen atoms in total. The molecule has 1 fully saturated rings. The average molecular weight is 410 g/mol. The van der Waals surface area contributed by atoms with Crippen LogP contribution in [0, 0.1) is 18.6 Å². The van der Waals surface area contributed by atoms with Gasteiger partial charge in [0.05, 0.1) is 6.26 Å². The first-order chi connectivity index (χ1) is 14.5. The molecule has 1 aliphatic rings. The largest absolute Gasteiger partial charge is 0.459 e. The number of aryl methyl sites for hydroxylation is 1. The lowest BCUT2D eigenvalue weighted by atomic mass is 10.0. The Labute approximate surface area is 174 Å². The van der Waals surface area contributed by atoms with Gasteiger partial charge in [-0.1, -0.05) is 18.2 Å². The van der Waals surface area contributed by atoms with Crippen molar-refractivity contribution in [2.45, 2.75) is 32.4 Å². The predicted octanol–water partition coefficient (Wildman–Crippen LogP) is 5.18. The number of carbonyl (C=O) groups excluding carboxylic acids is 1. The molecule has 0 bridgehead atoms. The van der Waals surface area contributed by atoms with Crippen LogP contribution in [0.3, 0.4) is 0 Å². The lowest BCUT2D eigenvalue weighted by molar-refractivity contribution is 0.0931. The molecule has 4 rings (SSSR count). The Kier molecular flexibility index (Phi) is 5.95. The third-order valence-corrected chi connectivity index (χ3v) is 5.63. The highest BCUT2D eigenvalue weighted by molar-refractivity contribution is 6.04. The number of carbonyl (C=O) groups is 1. The number of amides is 1. The van der Waals surface area contributed by atoms with Crippen LogP contribution in [-0.4, -0.2) is 29.9 Å². The highest BCUT2D eigenvalue weighted by Crippen LogP contribution is 2.28. The number of halogens is 2. The standard InChI is InChI=1S/C24H24F2N2O2/c1-17-4-9-21(15-22(17)26)28(24(29)23-3-2-14-30-23)20-10-12-27(13-11-20)16-18-5-7-19(25)8-6-18/h2-9,14-15,20H,10-13,16H2,1H3. The monoisotopic (exact) mass is 410 g/mol. The fourth-order valence-electron chi connectivity index (χ4n) is 3.93. The zero-order chi connectivity index (χ0) is 21.1. The highest BCUT2D eigenvalue weighted by Gasteiger charge is 2.31. The summed E-state index contributed by atoms with van der Waals surface area (Å²) in [4.78, 5) is 17.1. The molecular weight excluding hydrogens is 386 g/mol. The minimum atomic E-state index is -0.335. The van der Waals surface area contributed by atoms with Gasteiger partial charge in [0.25, 0.3) is 5.91 Å². The first-order valence-corrected chi connectivity index (χ1v) is 10.1. The van der Waals surface area contributed by atoms with Crippen LogP contribution in [-0.2, 0) is 6.54 Å². The van der Waals surface area contributed by atoms with Gasteiger partial charge in [-0.25, -0.2) is 8.78 Å². The van der Waals surface area contributed by atoms with Gasteiger partial charge in [0, 0.05) is 31.4 Å². The molecule has 0 aliphatic carbocycles. The van der Waals surface area contributed by atoms with Crippen LogP contribution in [0.1, 0.15) is 34.5 Å². The van der Waals surface area contributed by atoms with Crippen molar-refractivity contribution in [2.24, 2.45) is 0 Å². The molecule has 0 radical (unpaired) electrons. The first-order valence-electron chi connectivity index (χ1n) is 10.1. The van der Waals surface area contributed by atoms with Gasteiger partial charge in [0.1, 0.15) is 11.6 Å². The maximum atomic E-state index is 14.2. The Balaban J connectivity index is 1.51. The van der Waals surface area contributed by atoms with E-state index in [4.69, 9.17) is 4.42 Å². The summed E-state index contributed by atoms with van der Waals surface area (Å²) in [5.41, 5.74) is 2.13. The third-order valence-electron chi connectivity index (χ3n) is 5.63. The van der Waals surface area contributed by atoms with Gasteiger partial charge in [-0.05, 0) is 67.3 Å². The zero-order valence-electron chi connectivity index (χ0n) is 16.9. The molecule has 0 N–H and O–H groups in total. The molecule has 0 saturated carbocycles. The number of hydrogen-bond donors (Lipinski definition) is 0. The van der Waals surface area contributed by atoms with Gasteiger partial charge >= 0.3 is 0 Å². The Morgan fingerprint density at radius 2 is 1.83 bits per heavy atom. The van der Waals surface area contributed by atoms with E-state index in [0.717, 1.165) is 38.0 Å². The number of piperidine rings is 1. The van der Waals surface area contributed by atoms with E-state index in [0.29, 0.717) is 11.3 Å². The van der Waals surface area contributed by atoms with Crippen LogP contribution in [0.2, 0.25) is 0 Å². The molecule has 0 atom stereocenters. The summed E-state index contributed by atoms with van der Waals surface area (Å²) in [6.45, 7) is 4.01. The molecule has 1 amide bonds. The first kappa shape index (κ1) is 20.3. The maximum Gasteiger partial charge on any atom is 0.294 e. The quantitative estimate of drug-likeness (QED) is 0.582. The number of furan rings is 1. The van der Waals surface area contributed by atoms with Gasteiger partial charge < -0.3 is 9.32 Å². The van der Waals surface area contributed by atoms with Gasteiger partial charge in [0.2, 0.25) is 0 Å². The Morgan fingerprint density at radius 1 is 1.10 bits per heavy atom. The van der Waals surface area contributed by atoms with E-state index in [1.807, 2.05) is 0 Å². The molecule has 1 saturated heterocycles. The molecule has 30 heavy (non-hydrogen) atoms. The lowest BCUT2D eigenvalue weighted by Gasteiger charge is -2.38. The number of hydrogen-bond acceptors (Lipinski definition) is 3. The van der Waals surface area contributed by atoms with Crippen molar-refractivity contribution >= 4 is 11.6 Å². The van der Waals surface area contributed by atoms with Crippen molar-refractivity contribution in [3.05, 3.63) is 89.4 Å². The van der Waals surface area contributed by atoms with E-state index in [2.05, 4.69) is 4.90 Å². The van der Waals surface area contributed by atoms with E-state index in [-0.39, 0.29) is 29.3 Å². The summed E-state index contributed by atoms with van der Waals surface area (Å²) in [5, 5.41) is 0. The normalized spacial score (nSPS) is 15.3. The van der Waals surface area contributed by atoms with Crippen LogP contribution in [0.15, 0.2) is 65.3 Å². The van der Waals surface area contributed by atoms with Crippen molar-refractivity contribution in [1.82, 2.24) is 4.90 Å². The fraction of sp³-hybridized carbons (Fsp3) is 0.292. The van der Waals surface area contributed by atoms with Crippen LogP contribution in [0.4, 0.5) is 14.5 Å². The number of rotatable bonds is 5. The van der Waals surface area contributed by atoms with Gasteiger partial charge in [-0.2, -0.15) is 0 Å². The molecule has 1 aliphatic heterocycles. The minimum absolute atomic E-state index is 0.0610. The molecule has 0 spiro atoms. The third kappa shape index (κ3) is 4.44. The second-order valence-electron chi connectivity index (χ2n) is 7.72. The van der Waals surface area contributed by atoms with Crippen molar-refractivity contribution in [1.29, 1.82) is 0 Å². The average Bonchev–Trinajstić information content (AvgIpc) is 3.29. The number of nitrogens with zero attached hydrogens (tertiary/aromatic N) is 2. The van der Waals surface area contributed by atoms with Crippen LogP contribution < -0.4 is 4.90 Å². The summed E-state index contributed by atoms with van der Waals surface area (Å²) in [7, 11) is 0. The van der Waals surface area contributed by atoms with E-state index in [1.54, 1.807) is 48.2 Å². The van der Waals surface area contributed by atoms with E-state index < -0.39 is 0 Å². The highest BCUT2D eigenvalue weighted by atomic mass is 19.1. The van der Waals surface area contributed by atoms with Crippen molar-refractivity contribution in [3.8, 4) is 0 Å². The second-order valence-corrected chi connectivity index (χ2v) is 7.72. The van der Waals surface area contributed by atoms with E-state index in [1.165, 1.54) is 24.5 Å². The van der Waals surface area contributed by atoms with Crippen LogP contribution in [0.5, 0.6) is 0 Å². The topological polar surface area (TPSA) is 36.7 Å². The molecule has 3 aromatic rings. The molecule has 156 valence electrons. The predicted molar refractivity (Wildman–Crippen MR) is 111 cm³/mol. The van der Waals surface area contributed by atoms with Gasteiger partial charge in [-0.3, -0.25) is 9.69 Å². The smallest absolute Gasteiger partial charge is 0.294 e. The summed E-state index contributed by atoms with van der Waals surface area (Å²) >= 11 is 0. The molecule has 1 aromatic heterocycles. The number of anilines is 1. The van der Waals surface area contributed by atoms with Crippen LogP contribution in [0.25, 0.3) is 0 Å². The van der Waals surface area contributed by atoms with Crippen LogP contribution >= 0.6 is 0 Å². The molecule has 6 heteroatoms. The minimum Gasteiger partial charge on any atom is -0.459 e. The lowest BCUT2D eigenvalue weighted by Crippen LogP contribution is -2.47. The molecular formula is C24H24F2N2O2. The Hall–Kier alpha value is -2.99. The summed E-state index contributed by atoms with van der Waals surface area (Å²) < 4.78 is 32.7. The summed E-state index contributed by atoms with van der Waals surface area (Å²) in [6, 6.07) is 14.7. The SMILES string of the molecule is Cc1ccc(N(C(=O)c2ccco2)C2CCN(Cc3ccc(F)cc3)CC2)cc1F. The summed E-state index contributed by atoms with van der Waals surface area (Å²) in [5.74, 6) is -0.599. The number of benzene rings is 2. The fourth-order valence-corrected chi connectivity index (χ4v) is 3.93. The van der Waals surface area contributed by atoms with Crippen molar-refractivity contribution < 1.29 is 18.0 Å². The molecule has 0 unspecified atom stereocenters. The van der Waals surface area contributed by atoms with Gasteiger partial charge in [0.15, 0.2) is 5.76 Å². The number of likely N-dealkylation sites (tertiary alicyclic amines) is 1. The maximum absolute atomic E-state index is 14.2. The van der Waals surface area contributed by atoms with E-state index >= 15 is 0 Å². The molecule has 2 aromatic carbocycles. The van der Waals surface area contributed by atoms with Gasteiger partial charge in [-0.15, -0.1) is 0 Å². The molecule has 2 heterocycles. The Morgan fingerprint density at radius 3 is 2.47 bits per heavy atom.